The third kappa shape index (κ3) is 3.89. The minimum atomic E-state index is -0.230. The van der Waals surface area contributed by atoms with E-state index in [0.29, 0.717) is 24.5 Å². The Morgan fingerprint density at radius 2 is 2.25 bits per heavy atom. The molecule has 2 rings (SSSR count). The number of nitrogens with one attached hydrogen (secondary N) is 2. The third-order valence-electron chi connectivity index (χ3n) is 2.49. The van der Waals surface area contributed by atoms with Crippen LogP contribution < -0.4 is 10.6 Å². The topological polar surface area (TPSA) is 79.8 Å². The molecule has 0 aliphatic rings. The number of aromatic nitrogens is 3. The number of carbonyl (C=O) groups excluding carboxylic acids is 1. The molecule has 6 nitrogen and oxygen atoms in total. The van der Waals surface area contributed by atoms with Crippen molar-refractivity contribution in [1.29, 1.82) is 0 Å². The average molecular weight is 292 g/mol. The predicted octanol–water partition coefficient (Wildman–Crippen LogP) is 1.89. The summed E-state index contributed by atoms with van der Waals surface area (Å²) in [5.41, 5.74) is 1.19. The van der Waals surface area contributed by atoms with Gasteiger partial charge in [-0.05, 0) is 25.1 Å². The van der Waals surface area contributed by atoms with Gasteiger partial charge in [0.1, 0.15) is 17.3 Å². The van der Waals surface area contributed by atoms with Crippen LogP contribution in [0.5, 0.6) is 0 Å². The summed E-state index contributed by atoms with van der Waals surface area (Å²) in [5, 5.41) is 6.06. The Labute approximate surface area is 121 Å². The first-order valence-electron chi connectivity index (χ1n) is 6.13. The molecule has 0 saturated carbocycles. The molecule has 7 heteroatoms. The lowest BCUT2D eigenvalue weighted by atomic mass is 10.2. The molecule has 0 aromatic carbocycles. The smallest absolute Gasteiger partial charge is 0.251 e. The monoisotopic (exact) mass is 291 g/mol. The van der Waals surface area contributed by atoms with Crippen molar-refractivity contribution >= 4 is 23.3 Å². The van der Waals surface area contributed by atoms with Crippen LogP contribution in [0.2, 0.25) is 5.15 Å². The second-order valence-electron chi connectivity index (χ2n) is 3.98. The molecule has 0 fully saturated rings. The van der Waals surface area contributed by atoms with Crippen molar-refractivity contribution in [2.45, 2.75) is 13.5 Å². The molecular weight excluding hydrogens is 278 g/mol. The number of anilines is 1. The van der Waals surface area contributed by atoms with Gasteiger partial charge in [-0.15, -0.1) is 0 Å². The molecule has 0 aliphatic heterocycles. The molecule has 2 aromatic rings. The quantitative estimate of drug-likeness (QED) is 0.822. The molecule has 0 aliphatic carbocycles. The molecule has 20 heavy (non-hydrogen) atoms. The second-order valence-corrected chi connectivity index (χ2v) is 4.36. The molecular formula is C13H14ClN5O. The van der Waals surface area contributed by atoms with Crippen LogP contribution in [0.15, 0.2) is 30.7 Å². The van der Waals surface area contributed by atoms with Gasteiger partial charge in [-0.2, -0.15) is 0 Å². The lowest BCUT2D eigenvalue weighted by molar-refractivity contribution is 0.0950. The third-order valence-corrected chi connectivity index (χ3v) is 2.68. The summed E-state index contributed by atoms with van der Waals surface area (Å²) < 4.78 is 0. The molecule has 0 radical (unpaired) electrons. The van der Waals surface area contributed by atoms with E-state index in [2.05, 4.69) is 25.6 Å². The number of halogens is 1. The maximum atomic E-state index is 12.1. The molecule has 2 heterocycles. The van der Waals surface area contributed by atoms with E-state index >= 15 is 0 Å². The fourth-order valence-electron chi connectivity index (χ4n) is 1.60. The fraction of sp³-hybridized carbons (Fsp3) is 0.231. The number of nitrogens with zero attached hydrogens (tertiary/aromatic N) is 3. The summed E-state index contributed by atoms with van der Waals surface area (Å²) in [6.45, 7) is 2.98. The van der Waals surface area contributed by atoms with Gasteiger partial charge >= 0.3 is 0 Å². The first-order valence-corrected chi connectivity index (χ1v) is 6.51. The molecule has 104 valence electrons. The van der Waals surface area contributed by atoms with Crippen LogP contribution in [0.25, 0.3) is 0 Å². The summed E-state index contributed by atoms with van der Waals surface area (Å²) in [6, 6.07) is 4.92. The Hall–Kier alpha value is -2.21. The highest BCUT2D eigenvalue weighted by atomic mass is 35.5. The van der Waals surface area contributed by atoms with Gasteiger partial charge in [0.2, 0.25) is 0 Å². The van der Waals surface area contributed by atoms with Crippen LogP contribution in [0.1, 0.15) is 23.0 Å². The van der Waals surface area contributed by atoms with Crippen LogP contribution >= 0.6 is 11.6 Å². The van der Waals surface area contributed by atoms with Gasteiger partial charge in [0.15, 0.2) is 0 Å². The number of rotatable bonds is 5. The second kappa shape index (κ2) is 6.81. The van der Waals surface area contributed by atoms with E-state index in [4.69, 9.17) is 11.6 Å². The SMILES string of the molecule is CCNc1cc(C(=O)NCc2ccncn2)cc(Cl)n1. The van der Waals surface area contributed by atoms with Gasteiger partial charge in [0.05, 0.1) is 12.2 Å². The number of carbonyl (C=O) groups is 1. The highest BCUT2D eigenvalue weighted by molar-refractivity contribution is 6.29. The Kier molecular flexibility index (Phi) is 4.84. The maximum absolute atomic E-state index is 12.1. The molecule has 1 amide bonds. The fourth-order valence-corrected chi connectivity index (χ4v) is 1.80. The lowest BCUT2D eigenvalue weighted by Crippen LogP contribution is -2.23. The summed E-state index contributed by atoms with van der Waals surface area (Å²) in [7, 11) is 0. The van der Waals surface area contributed by atoms with Gasteiger partial charge in [0, 0.05) is 18.3 Å². The van der Waals surface area contributed by atoms with Gasteiger partial charge in [0.25, 0.3) is 5.91 Å². The van der Waals surface area contributed by atoms with Crippen molar-refractivity contribution in [3.63, 3.8) is 0 Å². The van der Waals surface area contributed by atoms with E-state index in [9.17, 15) is 4.79 Å². The summed E-state index contributed by atoms with van der Waals surface area (Å²) >= 11 is 5.90. The standard InChI is InChI=1S/C13H14ClN5O/c1-2-16-12-6-9(5-11(14)19-12)13(20)17-7-10-3-4-15-8-18-10/h3-6,8H,2,7H2,1H3,(H,16,19)(H,17,20). The average Bonchev–Trinajstić information content (AvgIpc) is 2.45. The van der Waals surface area contributed by atoms with Crippen LogP contribution in [0.3, 0.4) is 0 Å². The predicted molar refractivity (Wildman–Crippen MR) is 76.6 cm³/mol. The summed E-state index contributed by atoms with van der Waals surface area (Å²) in [5.74, 6) is 0.347. The first kappa shape index (κ1) is 14.2. The number of amides is 1. The summed E-state index contributed by atoms with van der Waals surface area (Å²) in [6.07, 6.45) is 3.06. The minimum absolute atomic E-state index is 0.230. The van der Waals surface area contributed by atoms with Gasteiger partial charge in [-0.1, -0.05) is 11.6 Å². The van der Waals surface area contributed by atoms with Crippen LogP contribution in [0.4, 0.5) is 5.82 Å². The zero-order valence-corrected chi connectivity index (χ0v) is 11.7. The van der Waals surface area contributed by atoms with Crippen molar-refractivity contribution in [3.05, 3.63) is 47.1 Å². The van der Waals surface area contributed by atoms with Crippen LogP contribution in [0, 0.1) is 0 Å². The van der Waals surface area contributed by atoms with Crippen molar-refractivity contribution in [3.8, 4) is 0 Å². The van der Waals surface area contributed by atoms with Gasteiger partial charge in [-0.3, -0.25) is 4.79 Å². The first-order chi connectivity index (χ1) is 9.69. The van der Waals surface area contributed by atoms with Gasteiger partial charge < -0.3 is 10.6 Å². The lowest BCUT2D eigenvalue weighted by Gasteiger charge is -2.07. The summed E-state index contributed by atoms with van der Waals surface area (Å²) in [4.78, 5) is 24.0. The van der Waals surface area contributed by atoms with E-state index in [1.807, 2.05) is 6.92 Å². The van der Waals surface area contributed by atoms with E-state index < -0.39 is 0 Å². The van der Waals surface area contributed by atoms with Crippen LogP contribution in [-0.4, -0.2) is 27.4 Å². The van der Waals surface area contributed by atoms with E-state index in [0.717, 1.165) is 5.69 Å². The molecule has 0 bridgehead atoms. The largest absolute Gasteiger partial charge is 0.370 e. The van der Waals surface area contributed by atoms with Crippen molar-refractivity contribution in [2.24, 2.45) is 0 Å². The Morgan fingerprint density at radius 3 is 2.95 bits per heavy atom. The number of hydrogen-bond acceptors (Lipinski definition) is 5. The molecule has 0 saturated heterocycles. The Morgan fingerprint density at radius 1 is 1.40 bits per heavy atom. The van der Waals surface area contributed by atoms with E-state index in [1.54, 1.807) is 18.3 Å². The Bertz CT molecular complexity index is 591. The van der Waals surface area contributed by atoms with Crippen molar-refractivity contribution < 1.29 is 4.79 Å². The molecule has 0 spiro atoms. The Balaban J connectivity index is 2.05. The maximum Gasteiger partial charge on any atom is 0.251 e. The highest BCUT2D eigenvalue weighted by Crippen LogP contribution is 2.14. The zero-order valence-electron chi connectivity index (χ0n) is 10.9. The normalized spacial score (nSPS) is 10.1. The minimum Gasteiger partial charge on any atom is -0.370 e. The highest BCUT2D eigenvalue weighted by Gasteiger charge is 2.09. The van der Waals surface area contributed by atoms with E-state index in [1.165, 1.54) is 12.4 Å². The van der Waals surface area contributed by atoms with Crippen molar-refractivity contribution in [2.75, 3.05) is 11.9 Å². The number of hydrogen-bond donors (Lipinski definition) is 2. The molecule has 0 atom stereocenters. The number of pyridine rings is 1. The van der Waals surface area contributed by atoms with Gasteiger partial charge in [-0.25, -0.2) is 15.0 Å². The molecule has 2 N–H and O–H groups in total. The van der Waals surface area contributed by atoms with Crippen molar-refractivity contribution in [1.82, 2.24) is 20.3 Å². The zero-order chi connectivity index (χ0) is 14.4. The van der Waals surface area contributed by atoms with Crippen LogP contribution in [-0.2, 0) is 6.54 Å². The molecule has 2 aromatic heterocycles. The molecule has 0 unspecified atom stereocenters. The van der Waals surface area contributed by atoms with E-state index in [-0.39, 0.29) is 11.1 Å².